The summed E-state index contributed by atoms with van der Waals surface area (Å²) in [7, 11) is 0. The van der Waals surface area contributed by atoms with E-state index in [1.165, 1.54) is 6.07 Å². The Bertz CT molecular complexity index is 1230. The molecular weight excluding hydrogens is 192 g/mol. The first kappa shape index (κ1) is 3.46. The zero-order valence-electron chi connectivity index (χ0n) is 17.1. The maximum Gasteiger partial charge on any atom is 0.0629 e. The van der Waals surface area contributed by atoms with E-state index in [0.29, 0.717) is 0 Å². The van der Waals surface area contributed by atoms with Gasteiger partial charge in [-0.1, -0.05) is 60.4 Å². The van der Waals surface area contributed by atoms with E-state index in [0.717, 1.165) is 0 Å². The molecule has 0 saturated carbocycles. The van der Waals surface area contributed by atoms with Gasteiger partial charge in [-0.05, 0) is 32.3 Å². The summed E-state index contributed by atoms with van der Waals surface area (Å²) in [6, 6.07) is -1.69. The van der Waals surface area contributed by atoms with Crippen molar-refractivity contribution in [2.45, 2.75) is 0 Å². The maximum atomic E-state index is 8.23. The molecule has 4 aromatic rings. The molecule has 0 bridgehead atoms. The van der Waals surface area contributed by atoms with Crippen LogP contribution in [0.2, 0.25) is 0 Å². The summed E-state index contributed by atoms with van der Waals surface area (Å²) in [5.41, 5.74) is 0. The first-order valence-corrected chi connectivity index (χ1v) is 4.83. The van der Waals surface area contributed by atoms with E-state index in [1.54, 1.807) is 0 Å². The van der Waals surface area contributed by atoms with Crippen molar-refractivity contribution in [3.8, 4) is 0 Å². The summed E-state index contributed by atoms with van der Waals surface area (Å²) in [6.45, 7) is 0. The smallest absolute Gasteiger partial charge is 0.0610 e. The Hall–Kier alpha value is -2.08. The summed E-state index contributed by atoms with van der Waals surface area (Å²) in [5, 5.41) is 0.669. The molecule has 0 amide bonds. The van der Waals surface area contributed by atoms with E-state index in [9.17, 15) is 0 Å². The molecule has 0 atom stereocenters. The van der Waals surface area contributed by atoms with E-state index in [4.69, 9.17) is 12.3 Å². The Morgan fingerprint density at radius 1 is 0.562 bits per heavy atom. The molecule has 16 heavy (non-hydrogen) atoms. The number of hydrogen-bond acceptors (Lipinski definition) is 0. The number of rotatable bonds is 0. The Labute approximate surface area is 106 Å². The Morgan fingerprint density at radius 2 is 1.06 bits per heavy atom. The van der Waals surface area contributed by atoms with Gasteiger partial charge in [0.15, 0.2) is 0 Å². The minimum atomic E-state index is -0.425. The summed E-state index contributed by atoms with van der Waals surface area (Å²) in [5.74, 6) is 0. The summed E-state index contributed by atoms with van der Waals surface area (Å²) < 4.78 is 73.0. The SMILES string of the molecule is [2H]c1c([2H])c2cc([2H])c3c([2H])c([2H])c([2H])c4c([2H])c([2H])c(c1[2H])c2c34. The van der Waals surface area contributed by atoms with Crippen LogP contribution >= 0.6 is 0 Å². The van der Waals surface area contributed by atoms with Crippen LogP contribution in [0, 0.1) is 0 Å². The zero-order chi connectivity index (χ0) is 18.4. The fourth-order valence-electron chi connectivity index (χ4n) is 2.01. The van der Waals surface area contributed by atoms with E-state index < -0.39 is 12.1 Å². The highest BCUT2D eigenvalue weighted by Gasteiger charge is 2.05. The molecule has 0 unspecified atom stereocenters. The standard InChI is InChI=1S/C16H10/c1-3-11-7-9-13-5-2-6-14-10-8-12(4-1)15(11)16(13)14/h1-10H/i1D,2D,3D,4D,5D,6D,7D,8D,9D. The third-order valence-electron chi connectivity index (χ3n) is 2.70. The van der Waals surface area contributed by atoms with Crippen LogP contribution in [-0.4, -0.2) is 0 Å². The van der Waals surface area contributed by atoms with Crippen molar-refractivity contribution in [2.75, 3.05) is 0 Å². The highest BCUT2D eigenvalue weighted by molar-refractivity contribution is 6.22. The van der Waals surface area contributed by atoms with Gasteiger partial charge < -0.3 is 0 Å². The Morgan fingerprint density at radius 3 is 1.75 bits per heavy atom. The molecule has 0 aliphatic rings. The van der Waals surface area contributed by atoms with Crippen LogP contribution in [0.5, 0.6) is 0 Å². The second-order valence-electron chi connectivity index (χ2n) is 3.58. The predicted octanol–water partition coefficient (Wildman–Crippen LogP) is 4.58. The molecule has 0 aromatic heterocycles. The van der Waals surface area contributed by atoms with Crippen molar-refractivity contribution in [1.29, 1.82) is 0 Å². The Balaban J connectivity index is 2.58. The third kappa shape index (κ3) is 0.892. The molecule has 0 spiro atoms. The predicted molar refractivity (Wildman–Crippen MR) is 70.1 cm³/mol. The zero-order valence-corrected chi connectivity index (χ0v) is 8.08. The van der Waals surface area contributed by atoms with E-state index >= 15 is 0 Å². The summed E-state index contributed by atoms with van der Waals surface area (Å²) >= 11 is 0. The van der Waals surface area contributed by atoms with Crippen LogP contribution in [0.3, 0.4) is 0 Å². The van der Waals surface area contributed by atoms with Crippen molar-refractivity contribution in [1.82, 2.24) is 0 Å². The molecule has 4 aromatic carbocycles. The highest BCUT2D eigenvalue weighted by atomic mass is 14.1. The molecule has 0 aliphatic carbocycles. The molecule has 0 fully saturated rings. The van der Waals surface area contributed by atoms with Crippen LogP contribution in [0.25, 0.3) is 32.3 Å². The third-order valence-corrected chi connectivity index (χ3v) is 2.70. The first-order chi connectivity index (χ1) is 11.7. The van der Waals surface area contributed by atoms with Gasteiger partial charge in [0, 0.05) is 0 Å². The van der Waals surface area contributed by atoms with Crippen molar-refractivity contribution in [2.24, 2.45) is 0 Å². The van der Waals surface area contributed by atoms with E-state index in [-0.39, 0.29) is 74.6 Å². The molecule has 0 saturated heterocycles. The van der Waals surface area contributed by atoms with Crippen LogP contribution < -0.4 is 0 Å². The second-order valence-corrected chi connectivity index (χ2v) is 3.58. The van der Waals surface area contributed by atoms with Gasteiger partial charge in [0.05, 0.1) is 12.3 Å². The summed E-state index contributed by atoms with van der Waals surface area (Å²) in [6.07, 6.45) is 0. The van der Waals surface area contributed by atoms with E-state index in [1.807, 2.05) is 0 Å². The molecule has 0 heteroatoms. The van der Waals surface area contributed by atoms with E-state index in [2.05, 4.69) is 0 Å². The van der Waals surface area contributed by atoms with Crippen molar-refractivity contribution in [3.05, 3.63) is 60.4 Å². The highest BCUT2D eigenvalue weighted by Crippen LogP contribution is 2.33. The van der Waals surface area contributed by atoms with Crippen LogP contribution in [-0.2, 0) is 0 Å². The van der Waals surface area contributed by atoms with Crippen molar-refractivity contribution in [3.63, 3.8) is 0 Å². The summed E-state index contributed by atoms with van der Waals surface area (Å²) in [4.78, 5) is 0. The minimum Gasteiger partial charge on any atom is -0.0610 e. The van der Waals surface area contributed by atoms with Gasteiger partial charge in [0.2, 0.25) is 0 Å². The van der Waals surface area contributed by atoms with Gasteiger partial charge in [-0.2, -0.15) is 0 Å². The number of hydrogen-bond donors (Lipinski definition) is 0. The lowest BCUT2D eigenvalue weighted by Gasteiger charge is -2.09. The lowest BCUT2D eigenvalue weighted by atomic mass is 9.95. The fraction of sp³-hybridized carbons (Fsp3) is 0. The molecule has 4 rings (SSSR count). The van der Waals surface area contributed by atoms with Gasteiger partial charge in [-0.3, -0.25) is 0 Å². The second kappa shape index (κ2) is 2.73. The molecular formula is C16H10. The lowest BCUT2D eigenvalue weighted by Crippen LogP contribution is -1.82. The topological polar surface area (TPSA) is 0 Å². The van der Waals surface area contributed by atoms with Crippen LogP contribution in [0.15, 0.2) is 60.4 Å². The van der Waals surface area contributed by atoms with Crippen molar-refractivity contribution >= 4 is 32.3 Å². The van der Waals surface area contributed by atoms with Crippen LogP contribution in [0.4, 0.5) is 0 Å². The van der Waals surface area contributed by atoms with Gasteiger partial charge in [-0.15, -0.1) is 0 Å². The molecule has 74 valence electrons. The maximum absolute atomic E-state index is 8.23. The quantitative estimate of drug-likeness (QED) is 0.373. The normalized spacial score (nSPS) is 19.6. The number of benzene rings is 4. The lowest BCUT2D eigenvalue weighted by molar-refractivity contribution is 1.78. The monoisotopic (exact) mass is 211 g/mol. The fourth-order valence-corrected chi connectivity index (χ4v) is 2.01. The molecule has 0 aliphatic heterocycles. The first-order valence-electron chi connectivity index (χ1n) is 9.33. The average Bonchev–Trinajstić information content (AvgIpc) is 2.57. The minimum absolute atomic E-state index is 0.00929. The molecule has 0 heterocycles. The van der Waals surface area contributed by atoms with Crippen molar-refractivity contribution < 1.29 is 12.3 Å². The van der Waals surface area contributed by atoms with Gasteiger partial charge in [0.1, 0.15) is 0 Å². The van der Waals surface area contributed by atoms with Gasteiger partial charge in [-0.25, -0.2) is 0 Å². The largest absolute Gasteiger partial charge is 0.0629 e. The molecule has 0 nitrogen and oxygen atoms in total. The van der Waals surface area contributed by atoms with Gasteiger partial charge in [0.25, 0.3) is 0 Å². The van der Waals surface area contributed by atoms with Gasteiger partial charge >= 0.3 is 0 Å². The molecule has 0 N–H and O–H groups in total. The van der Waals surface area contributed by atoms with Crippen LogP contribution in [0.1, 0.15) is 12.3 Å². The average molecular weight is 211 g/mol. The Kier molecular flexibility index (Phi) is 0.591. The molecule has 0 radical (unpaired) electrons.